The Labute approximate surface area is 172 Å². The van der Waals surface area contributed by atoms with Crippen molar-refractivity contribution in [1.29, 1.82) is 0 Å². The van der Waals surface area contributed by atoms with E-state index in [1.807, 2.05) is 25.1 Å². The number of Topliss-reactive ketones (excluding diaryl/α,β-unsaturated/α-hetero) is 1. The third-order valence-corrected chi connectivity index (χ3v) is 4.96. The molecule has 1 N–H and O–H groups in total. The van der Waals surface area contributed by atoms with Crippen molar-refractivity contribution in [1.82, 2.24) is 0 Å². The molecule has 3 rings (SSSR count). The van der Waals surface area contributed by atoms with E-state index in [2.05, 4.69) is 5.32 Å². The van der Waals surface area contributed by atoms with Gasteiger partial charge in [-0.25, -0.2) is 4.79 Å². The number of aryl methyl sites for hydroxylation is 1. The van der Waals surface area contributed by atoms with E-state index in [4.69, 9.17) is 4.74 Å². The van der Waals surface area contributed by atoms with Crippen molar-refractivity contribution in [3.05, 3.63) is 93.7 Å². The van der Waals surface area contributed by atoms with Crippen LogP contribution >= 0.6 is 11.3 Å². The first-order chi connectivity index (χ1) is 14.0. The molecule has 1 amide bonds. The van der Waals surface area contributed by atoms with Gasteiger partial charge in [-0.05, 0) is 61.5 Å². The maximum atomic E-state index is 12.2. The van der Waals surface area contributed by atoms with Gasteiger partial charge in [0.2, 0.25) is 0 Å². The van der Waals surface area contributed by atoms with Crippen LogP contribution in [0.15, 0.2) is 72.8 Å². The van der Waals surface area contributed by atoms with Gasteiger partial charge in [0.1, 0.15) is 0 Å². The van der Waals surface area contributed by atoms with Crippen LogP contribution in [0, 0.1) is 6.92 Å². The summed E-state index contributed by atoms with van der Waals surface area (Å²) < 4.78 is 5.00. The molecule has 0 aliphatic rings. The lowest BCUT2D eigenvalue weighted by molar-refractivity contribution is -0.136. The van der Waals surface area contributed by atoms with Gasteiger partial charge in [-0.2, -0.15) is 0 Å². The van der Waals surface area contributed by atoms with Crippen LogP contribution in [-0.2, 0) is 9.53 Å². The van der Waals surface area contributed by atoms with Crippen molar-refractivity contribution < 1.29 is 19.1 Å². The summed E-state index contributed by atoms with van der Waals surface area (Å²) in [4.78, 5) is 38.2. The summed E-state index contributed by atoms with van der Waals surface area (Å²) in [7, 11) is 0. The van der Waals surface area contributed by atoms with E-state index >= 15 is 0 Å². The summed E-state index contributed by atoms with van der Waals surface area (Å²) in [6, 6.07) is 19.2. The molecule has 1 heterocycles. The second-order valence-electron chi connectivity index (χ2n) is 6.21. The van der Waals surface area contributed by atoms with E-state index in [0.717, 1.165) is 9.75 Å². The highest BCUT2D eigenvalue weighted by Crippen LogP contribution is 2.16. The van der Waals surface area contributed by atoms with Crippen molar-refractivity contribution in [2.75, 3.05) is 11.9 Å². The Kier molecular flexibility index (Phi) is 6.71. The van der Waals surface area contributed by atoms with Gasteiger partial charge in [-0.15, -0.1) is 11.3 Å². The predicted molar refractivity (Wildman–Crippen MR) is 114 cm³/mol. The molecule has 0 saturated carbocycles. The molecule has 0 aliphatic heterocycles. The first-order valence-electron chi connectivity index (χ1n) is 8.92. The van der Waals surface area contributed by atoms with Crippen LogP contribution in [0.3, 0.4) is 0 Å². The minimum atomic E-state index is -0.573. The minimum absolute atomic E-state index is 0.230. The number of amides is 1. The van der Waals surface area contributed by atoms with Crippen LogP contribution < -0.4 is 5.32 Å². The lowest BCUT2D eigenvalue weighted by Crippen LogP contribution is -2.13. The van der Waals surface area contributed by atoms with Crippen molar-refractivity contribution >= 4 is 40.8 Å². The van der Waals surface area contributed by atoms with Crippen LogP contribution in [0.2, 0.25) is 0 Å². The van der Waals surface area contributed by atoms with Crippen LogP contribution in [0.25, 0.3) is 6.08 Å². The number of thiophene rings is 1. The molecule has 5 nitrogen and oxygen atoms in total. The zero-order valence-corrected chi connectivity index (χ0v) is 16.6. The molecule has 146 valence electrons. The Balaban J connectivity index is 1.50. The Morgan fingerprint density at radius 1 is 0.931 bits per heavy atom. The van der Waals surface area contributed by atoms with Gasteiger partial charge in [-0.1, -0.05) is 18.2 Å². The Morgan fingerprint density at radius 3 is 2.31 bits per heavy atom. The molecule has 0 fully saturated rings. The van der Waals surface area contributed by atoms with Crippen LogP contribution in [0.4, 0.5) is 5.69 Å². The monoisotopic (exact) mass is 405 g/mol. The Morgan fingerprint density at radius 2 is 1.66 bits per heavy atom. The number of ketones is 1. The number of hydrogen-bond donors (Lipinski definition) is 1. The Hall–Kier alpha value is -3.51. The SMILES string of the molecule is Cc1ccc(/C=C/C(=O)OCC(=O)c2ccc(NC(=O)c3ccccc3)cc2)s1. The van der Waals surface area contributed by atoms with Crippen molar-refractivity contribution in [2.24, 2.45) is 0 Å². The van der Waals surface area contributed by atoms with E-state index in [1.54, 1.807) is 65.9 Å². The van der Waals surface area contributed by atoms with Gasteiger partial charge in [0.05, 0.1) is 0 Å². The number of carbonyl (C=O) groups is 3. The van der Waals surface area contributed by atoms with Gasteiger partial charge >= 0.3 is 5.97 Å². The summed E-state index contributed by atoms with van der Waals surface area (Å²) in [5.74, 6) is -1.12. The number of carbonyl (C=O) groups excluding carboxylic acids is 3. The highest BCUT2D eigenvalue weighted by molar-refractivity contribution is 7.12. The molecule has 1 aromatic heterocycles. The quantitative estimate of drug-likeness (QED) is 0.350. The van der Waals surface area contributed by atoms with Crippen molar-refractivity contribution in [3.8, 4) is 0 Å². The smallest absolute Gasteiger partial charge is 0.331 e. The van der Waals surface area contributed by atoms with Crippen molar-refractivity contribution in [3.63, 3.8) is 0 Å². The summed E-state index contributed by atoms with van der Waals surface area (Å²) in [6.07, 6.45) is 2.97. The van der Waals surface area contributed by atoms with Crippen LogP contribution in [0.1, 0.15) is 30.5 Å². The molecule has 0 aliphatic carbocycles. The van der Waals surface area contributed by atoms with E-state index in [0.29, 0.717) is 16.8 Å². The summed E-state index contributed by atoms with van der Waals surface area (Å²) in [6.45, 7) is 1.64. The van der Waals surface area contributed by atoms with Gasteiger partial charge in [0, 0.05) is 32.6 Å². The van der Waals surface area contributed by atoms with E-state index in [9.17, 15) is 14.4 Å². The number of esters is 1. The largest absolute Gasteiger partial charge is 0.454 e. The summed E-state index contributed by atoms with van der Waals surface area (Å²) in [5, 5.41) is 2.76. The lowest BCUT2D eigenvalue weighted by atomic mass is 10.1. The summed E-state index contributed by atoms with van der Waals surface area (Å²) >= 11 is 1.56. The molecule has 0 saturated heterocycles. The molecule has 0 radical (unpaired) electrons. The number of ether oxygens (including phenoxy) is 1. The van der Waals surface area contributed by atoms with Crippen LogP contribution in [0.5, 0.6) is 0 Å². The predicted octanol–water partition coefficient (Wildman–Crippen LogP) is 4.75. The number of rotatable bonds is 7. The normalized spacial score (nSPS) is 10.7. The molecule has 3 aromatic rings. The standard InChI is InChI=1S/C23H19NO4S/c1-16-7-12-20(29-16)13-14-22(26)28-15-21(25)17-8-10-19(11-9-17)24-23(27)18-5-3-2-4-6-18/h2-14H,15H2,1H3,(H,24,27)/b14-13+. The molecule has 0 unspecified atom stereocenters. The fourth-order valence-electron chi connectivity index (χ4n) is 2.49. The molecule has 0 spiro atoms. The Bertz CT molecular complexity index is 1040. The third kappa shape index (κ3) is 5.99. The molecule has 0 atom stereocenters. The first kappa shape index (κ1) is 20.2. The highest BCUT2D eigenvalue weighted by atomic mass is 32.1. The third-order valence-electron chi connectivity index (χ3n) is 3.99. The lowest BCUT2D eigenvalue weighted by Gasteiger charge is -2.06. The molecule has 2 aromatic carbocycles. The maximum absolute atomic E-state index is 12.2. The minimum Gasteiger partial charge on any atom is -0.454 e. The molecular weight excluding hydrogens is 386 g/mol. The fourth-order valence-corrected chi connectivity index (χ4v) is 3.27. The van der Waals surface area contributed by atoms with E-state index in [-0.39, 0.29) is 18.3 Å². The van der Waals surface area contributed by atoms with Gasteiger partial charge in [0.15, 0.2) is 12.4 Å². The molecule has 29 heavy (non-hydrogen) atoms. The molecular formula is C23H19NO4S. The highest BCUT2D eigenvalue weighted by Gasteiger charge is 2.10. The fraction of sp³-hybridized carbons (Fsp3) is 0.0870. The molecule has 0 bridgehead atoms. The number of nitrogens with one attached hydrogen (secondary N) is 1. The average Bonchev–Trinajstić information content (AvgIpc) is 3.16. The maximum Gasteiger partial charge on any atom is 0.331 e. The number of benzene rings is 2. The van der Waals surface area contributed by atoms with Crippen LogP contribution in [-0.4, -0.2) is 24.3 Å². The molecule has 6 heteroatoms. The first-order valence-corrected chi connectivity index (χ1v) is 9.74. The summed E-state index contributed by atoms with van der Waals surface area (Å²) in [5.41, 5.74) is 1.51. The average molecular weight is 405 g/mol. The van der Waals surface area contributed by atoms with Gasteiger partial charge in [0.25, 0.3) is 5.91 Å². The number of anilines is 1. The number of hydrogen-bond acceptors (Lipinski definition) is 5. The van der Waals surface area contributed by atoms with Gasteiger partial charge < -0.3 is 10.1 Å². The van der Waals surface area contributed by atoms with Gasteiger partial charge in [-0.3, -0.25) is 9.59 Å². The zero-order chi connectivity index (χ0) is 20.6. The van der Waals surface area contributed by atoms with E-state index < -0.39 is 5.97 Å². The van der Waals surface area contributed by atoms with Crippen molar-refractivity contribution in [2.45, 2.75) is 6.92 Å². The second kappa shape index (κ2) is 9.61. The topological polar surface area (TPSA) is 72.5 Å². The zero-order valence-electron chi connectivity index (χ0n) is 15.8. The second-order valence-corrected chi connectivity index (χ2v) is 7.53. The van der Waals surface area contributed by atoms with E-state index in [1.165, 1.54) is 6.08 Å².